The average molecular weight is 287 g/mol. The van der Waals surface area contributed by atoms with Gasteiger partial charge in [-0.25, -0.2) is 4.68 Å². The lowest BCUT2D eigenvalue weighted by Gasteiger charge is -2.32. The molecule has 1 aromatic carbocycles. The Labute approximate surface area is 125 Å². The van der Waals surface area contributed by atoms with E-state index in [1.807, 2.05) is 29.1 Å². The first-order valence-electron chi connectivity index (χ1n) is 7.00. The van der Waals surface area contributed by atoms with Crippen molar-refractivity contribution >= 4 is 17.2 Å². The molecule has 1 aromatic heterocycles. The van der Waals surface area contributed by atoms with Gasteiger partial charge in [0.25, 0.3) is 0 Å². The van der Waals surface area contributed by atoms with Crippen LogP contribution in [0, 0.1) is 5.41 Å². The summed E-state index contributed by atoms with van der Waals surface area (Å²) in [6.45, 7) is 4.55. The number of para-hydroxylation sites is 1. The predicted octanol–water partition coefficient (Wildman–Crippen LogP) is 4.68. The lowest BCUT2D eigenvalue weighted by molar-refractivity contribution is 0.340. The Balaban J connectivity index is 2.02. The monoisotopic (exact) mass is 286 g/mol. The molecule has 2 nitrogen and oxygen atoms in total. The Kier molecular flexibility index (Phi) is 3.43. The summed E-state index contributed by atoms with van der Waals surface area (Å²) < 4.78 is 2.00. The van der Waals surface area contributed by atoms with Gasteiger partial charge in [0.2, 0.25) is 0 Å². The lowest BCUT2D eigenvalue weighted by Crippen LogP contribution is -2.22. The first kappa shape index (κ1) is 13.4. The lowest BCUT2D eigenvalue weighted by atomic mass is 9.76. The molecular formula is C17H19ClN2. The largest absolute Gasteiger partial charge is 0.233 e. The average Bonchev–Trinajstić information content (AvgIpc) is 2.86. The molecule has 20 heavy (non-hydrogen) atoms. The summed E-state index contributed by atoms with van der Waals surface area (Å²) in [4.78, 5) is 0. The fourth-order valence-electron chi connectivity index (χ4n) is 2.95. The molecular weight excluding hydrogens is 268 g/mol. The maximum absolute atomic E-state index is 6.41. The number of benzene rings is 1. The van der Waals surface area contributed by atoms with E-state index in [1.54, 1.807) is 0 Å². The third kappa shape index (κ3) is 2.66. The molecule has 1 atom stereocenters. The van der Waals surface area contributed by atoms with E-state index in [-0.39, 0.29) is 10.8 Å². The summed E-state index contributed by atoms with van der Waals surface area (Å²) in [6.07, 6.45) is 6.10. The van der Waals surface area contributed by atoms with E-state index in [9.17, 15) is 0 Å². The van der Waals surface area contributed by atoms with E-state index in [2.05, 4.69) is 43.2 Å². The summed E-state index contributed by atoms with van der Waals surface area (Å²) in [7, 11) is 0. The van der Waals surface area contributed by atoms with Gasteiger partial charge in [-0.05, 0) is 42.0 Å². The predicted molar refractivity (Wildman–Crippen MR) is 84.2 cm³/mol. The molecule has 0 N–H and O–H groups in total. The zero-order valence-corrected chi connectivity index (χ0v) is 12.6. The van der Waals surface area contributed by atoms with Crippen molar-refractivity contribution in [3.8, 4) is 5.69 Å². The molecule has 0 saturated heterocycles. The normalized spacial score (nSPS) is 21.6. The second-order valence-corrected chi connectivity index (χ2v) is 6.78. The fraction of sp³-hybridized carbons (Fsp3) is 0.353. The van der Waals surface area contributed by atoms with E-state index < -0.39 is 0 Å². The molecule has 0 fully saturated rings. The first-order valence-corrected chi connectivity index (χ1v) is 7.43. The van der Waals surface area contributed by atoms with Crippen LogP contribution in [0.15, 0.2) is 48.7 Å². The summed E-state index contributed by atoms with van der Waals surface area (Å²) >= 11 is 6.41. The Hall–Kier alpha value is -1.54. The molecule has 1 heterocycles. The molecule has 0 amide bonds. The number of rotatable bonds is 2. The zero-order valence-electron chi connectivity index (χ0n) is 11.9. The Morgan fingerprint density at radius 3 is 2.65 bits per heavy atom. The number of nitrogens with zero attached hydrogens (tertiary/aromatic N) is 2. The second-order valence-electron chi connectivity index (χ2n) is 6.22. The van der Waals surface area contributed by atoms with Crippen LogP contribution in [0.2, 0.25) is 0 Å². The van der Waals surface area contributed by atoms with Gasteiger partial charge in [0, 0.05) is 0 Å². The number of alkyl halides is 1. The summed E-state index contributed by atoms with van der Waals surface area (Å²) in [5.41, 5.74) is 3.77. The Morgan fingerprint density at radius 2 is 1.95 bits per heavy atom. The van der Waals surface area contributed by atoms with Gasteiger partial charge >= 0.3 is 0 Å². The van der Waals surface area contributed by atoms with E-state index >= 15 is 0 Å². The van der Waals surface area contributed by atoms with Crippen LogP contribution in [0.3, 0.4) is 0 Å². The van der Waals surface area contributed by atoms with Crippen molar-refractivity contribution in [2.75, 3.05) is 0 Å². The molecule has 104 valence electrons. The highest BCUT2D eigenvalue weighted by Gasteiger charge is 2.29. The topological polar surface area (TPSA) is 17.8 Å². The van der Waals surface area contributed by atoms with Gasteiger partial charge in [0.1, 0.15) is 0 Å². The van der Waals surface area contributed by atoms with Crippen molar-refractivity contribution in [3.63, 3.8) is 0 Å². The van der Waals surface area contributed by atoms with Crippen molar-refractivity contribution in [2.45, 2.75) is 32.1 Å². The Morgan fingerprint density at radius 1 is 1.20 bits per heavy atom. The van der Waals surface area contributed by atoms with Crippen LogP contribution >= 0.6 is 11.6 Å². The van der Waals surface area contributed by atoms with Crippen LogP contribution in [-0.4, -0.2) is 15.2 Å². The highest BCUT2D eigenvalue weighted by Crippen LogP contribution is 2.41. The SMILES string of the molecule is CC1(C)CC(c2ccnn2-c2ccccc2)=CC(Cl)C1. The van der Waals surface area contributed by atoms with Crippen LogP contribution in [0.4, 0.5) is 0 Å². The van der Waals surface area contributed by atoms with E-state index in [1.165, 1.54) is 5.57 Å². The van der Waals surface area contributed by atoms with E-state index in [0.29, 0.717) is 0 Å². The van der Waals surface area contributed by atoms with Crippen molar-refractivity contribution in [2.24, 2.45) is 5.41 Å². The molecule has 1 aliphatic rings. The maximum atomic E-state index is 6.41. The molecule has 0 spiro atoms. The third-order valence-electron chi connectivity index (χ3n) is 3.77. The van der Waals surface area contributed by atoms with Crippen LogP contribution in [-0.2, 0) is 0 Å². The molecule has 1 unspecified atom stereocenters. The molecule has 0 bridgehead atoms. The van der Waals surface area contributed by atoms with Crippen molar-refractivity contribution in [1.82, 2.24) is 9.78 Å². The third-order valence-corrected chi connectivity index (χ3v) is 4.05. The van der Waals surface area contributed by atoms with E-state index in [0.717, 1.165) is 24.2 Å². The number of hydrogen-bond donors (Lipinski definition) is 0. The number of aromatic nitrogens is 2. The second kappa shape index (κ2) is 5.10. The highest BCUT2D eigenvalue weighted by atomic mass is 35.5. The molecule has 0 aliphatic heterocycles. The van der Waals surface area contributed by atoms with Gasteiger partial charge in [0.05, 0.1) is 23.0 Å². The maximum Gasteiger partial charge on any atom is 0.0698 e. The minimum Gasteiger partial charge on any atom is -0.233 e. The number of halogens is 1. The minimum absolute atomic E-state index is 0.105. The quantitative estimate of drug-likeness (QED) is 0.733. The molecule has 3 rings (SSSR count). The molecule has 3 heteroatoms. The highest BCUT2D eigenvalue weighted by molar-refractivity contribution is 6.22. The molecule has 0 radical (unpaired) electrons. The van der Waals surface area contributed by atoms with Crippen molar-refractivity contribution in [3.05, 3.63) is 54.4 Å². The van der Waals surface area contributed by atoms with Gasteiger partial charge in [-0.1, -0.05) is 38.1 Å². The smallest absolute Gasteiger partial charge is 0.0698 e. The van der Waals surface area contributed by atoms with Crippen LogP contribution < -0.4 is 0 Å². The van der Waals surface area contributed by atoms with Crippen molar-refractivity contribution in [1.29, 1.82) is 0 Å². The number of hydrogen-bond acceptors (Lipinski definition) is 1. The Bertz CT molecular complexity index is 625. The fourth-order valence-corrected chi connectivity index (χ4v) is 3.52. The number of allylic oxidation sites excluding steroid dienone is 2. The first-order chi connectivity index (χ1) is 9.55. The van der Waals surface area contributed by atoms with Gasteiger partial charge in [-0.15, -0.1) is 11.6 Å². The molecule has 1 aliphatic carbocycles. The van der Waals surface area contributed by atoms with E-state index in [4.69, 9.17) is 11.6 Å². The zero-order chi connectivity index (χ0) is 14.2. The van der Waals surface area contributed by atoms with Crippen LogP contribution in [0.25, 0.3) is 11.3 Å². The van der Waals surface area contributed by atoms with Crippen LogP contribution in [0.1, 0.15) is 32.4 Å². The molecule has 0 saturated carbocycles. The van der Waals surface area contributed by atoms with Crippen molar-refractivity contribution < 1.29 is 0 Å². The van der Waals surface area contributed by atoms with Gasteiger partial charge in [0.15, 0.2) is 0 Å². The van der Waals surface area contributed by atoms with Gasteiger partial charge in [-0.3, -0.25) is 0 Å². The minimum atomic E-state index is 0.105. The standard InChI is InChI=1S/C17H19ClN2/c1-17(2)11-13(10-14(18)12-17)16-8-9-19-20(16)15-6-4-3-5-7-15/h3-10,14H,11-12H2,1-2H3. The van der Waals surface area contributed by atoms with Crippen LogP contribution in [0.5, 0.6) is 0 Å². The van der Waals surface area contributed by atoms with Gasteiger partial charge in [-0.2, -0.15) is 5.10 Å². The van der Waals surface area contributed by atoms with Gasteiger partial charge < -0.3 is 0 Å². The molecule has 2 aromatic rings. The summed E-state index contributed by atoms with van der Waals surface area (Å²) in [5, 5.41) is 4.57. The summed E-state index contributed by atoms with van der Waals surface area (Å²) in [5.74, 6) is 0. The summed E-state index contributed by atoms with van der Waals surface area (Å²) in [6, 6.07) is 12.3.